The summed E-state index contributed by atoms with van der Waals surface area (Å²) in [4.78, 5) is 13.8. The molecule has 1 N–H and O–H groups in total. The molecule has 148 valence electrons. The molecule has 1 saturated heterocycles. The van der Waals surface area contributed by atoms with Crippen molar-refractivity contribution in [2.75, 3.05) is 48.1 Å². The van der Waals surface area contributed by atoms with Crippen LogP contribution in [0.3, 0.4) is 0 Å². The summed E-state index contributed by atoms with van der Waals surface area (Å²) < 4.78 is 10.8. The lowest BCUT2D eigenvalue weighted by Gasteiger charge is -2.36. The summed E-state index contributed by atoms with van der Waals surface area (Å²) in [5.41, 5.74) is 2.39. The highest BCUT2D eigenvalue weighted by atomic mass is 16.7. The quantitative estimate of drug-likeness (QED) is 0.719. The van der Waals surface area contributed by atoms with Crippen LogP contribution in [0.1, 0.15) is 5.56 Å². The predicted octanol–water partition coefficient (Wildman–Crippen LogP) is 3.14. The Morgan fingerprint density at radius 3 is 2.52 bits per heavy atom. The standard InChI is InChI=1S/C22H23N5O2/c1-2-4-18(5-3-1)26-10-12-27(13-11-26)22-23-9-8-21(25-22)24-15-17-6-7-19-20(14-17)29-16-28-19/h1-9,14H,10-13,15-16H2,(H,23,24,25). The summed E-state index contributed by atoms with van der Waals surface area (Å²) in [6, 6.07) is 18.4. The maximum Gasteiger partial charge on any atom is 0.231 e. The van der Waals surface area contributed by atoms with Crippen LogP contribution in [0.15, 0.2) is 60.8 Å². The monoisotopic (exact) mass is 389 g/mol. The van der Waals surface area contributed by atoms with Crippen LogP contribution >= 0.6 is 0 Å². The minimum Gasteiger partial charge on any atom is -0.454 e. The Morgan fingerprint density at radius 1 is 0.862 bits per heavy atom. The third kappa shape index (κ3) is 3.89. The number of hydrogen-bond donors (Lipinski definition) is 1. The fraction of sp³-hybridized carbons (Fsp3) is 0.273. The number of fused-ring (bicyclic) bond motifs is 1. The minimum atomic E-state index is 0.291. The summed E-state index contributed by atoms with van der Waals surface area (Å²) in [6.45, 7) is 4.68. The molecule has 0 radical (unpaired) electrons. The Morgan fingerprint density at radius 2 is 1.66 bits per heavy atom. The predicted molar refractivity (Wildman–Crippen MR) is 113 cm³/mol. The van der Waals surface area contributed by atoms with Gasteiger partial charge in [-0.1, -0.05) is 24.3 Å². The number of ether oxygens (including phenoxy) is 2. The fourth-order valence-electron chi connectivity index (χ4n) is 3.65. The Bertz CT molecular complexity index is 974. The van der Waals surface area contributed by atoms with Gasteiger partial charge in [0.2, 0.25) is 12.7 Å². The molecule has 7 heteroatoms. The largest absolute Gasteiger partial charge is 0.454 e. The number of piperazine rings is 1. The van der Waals surface area contributed by atoms with E-state index < -0.39 is 0 Å². The van der Waals surface area contributed by atoms with Crippen LogP contribution in [0, 0.1) is 0 Å². The summed E-state index contributed by atoms with van der Waals surface area (Å²) in [5.74, 6) is 3.18. The van der Waals surface area contributed by atoms with Crippen LogP contribution in [0.5, 0.6) is 11.5 Å². The van der Waals surface area contributed by atoms with Crippen LogP contribution in [0.4, 0.5) is 17.5 Å². The molecule has 1 fully saturated rings. The first kappa shape index (κ1) is 17.6. The van der Waals surface area contributed by atoms with Gasteiger partial charge in [0.05, 0.1) is 0 Å². The Balaban J connectivity index is 1.20. The van der Waals surface area contributed by atoms with Crippen molar-refractivity contribution >= 4 is 17.5 Å². The van der Waals surface area contributed by atoms with Crippen molar-refractivity contribution in [1.29, 1.82) is 0 Å². The van der Waals surface area contributed by atoms with E-state index in [1.807, 2.05) is 30.5 Å². The maximum atomic E-state index is 5.44. The third-order valence-electron chi connectivity index (χ3n) is 5.24. The second-order valence-corrected chi connectivity index (χ2v) is 7.09. The van der Waals surface area contributed by atoms with Crippen molar-refractivity contribution in [3.05, 3.63) is 66.4 Å². The lowest BCUT2D eigenvalue weighted by molar-refractivity contribution is 0.174. The summed E-state index contributed by atoms with van der Waals surface area (Å²) in [5, 5.41) is 3.38. The van der Waals surface area contributed by atoms with E-state index in [0.29, 0.717) is 13.3 Å². The molecule has 29 heavy (non-hydrogen) atoms. The number of anilines is 3. The number of nitrogens with zero attached hydrogens (tertiary/aromatic N) is 4. The van der Waals surface area contributed by atoms with Gasteiger partial charge in [-0.3, -0.25) is 0 Å². The van der Waals surface area contributed by atoms with Crippen molar-refractivity contribution in [3.63, 3.8) is 0 Å². The first-order chi connectivity index (χ1) is 14.3. The normalized spacial score (nSPS) is 15.4. The lowest BCUT2D eigenvalue weighted by atomic mass is 10.2. The van der Waals surface area contributed by atoms with Crippen LogP contribution in [0.25, 0.3) is 0 Å². The highest BCUT2D eigenvalue weighted by molar-refractivity contribution is 5.49. The first-order valence-corrected chi connectivity index (χ1v) is 9.85. The molecule has 2 aliphatic heterocycles. The Labute approximate surface area is 169 Å². The van der Waals surface area contributed by atoms with Crippen molar-refractivity contribution in [3.8, 4) is 11.5 Å². The molecule has 5 rings (SSSR count). The van der Waals surface area contributed by atoms with Crippen LogP contribution in [0.2, 0.25) is 0 Å². The van der Waals surface area contributed by atoms with Gasteiger partial charge in [-0.2, -0.15) is 4.98 Å². The van der Waals surface area contributed by atoms with Crippen molar-refractivity contribution < 1.29 is 9.47 Å². The van der Waals surface area contributed by atoms with E-state index >= 15 is 0 Å². The fourth-order valence-corrected chi connectivity index (χ4v) is 3.65. The minimum absolute atomic E-state index is 0.291. The van der Waals surface area contributed by atoms with Gasteiger partial charge in [-0.05, 0) is 35.9 Å². The zero-order chi connectivity index (χ0) is 19.5. The molecular formula is C22H23N5O2. The molecular weight excluding hydrogens is 366 g/mol. The highest BCUT2D eigenvalue weighted by Gasteiger charge is 2.19. The second-order valence-electron chi connectivity index (χ2n) is 7.09. The zero-order valence-electron chi connectivity index (χ0n) is 16.1. The zero-order valence-corrected chi connectivity index (χ0v) is 16.1. The molecule has 0 saturated carbocycles. The van der Waals surface area contributed by atoms with Gasteiger partial charge in [0, 0.05) is 44.6 Å². The number of para-hydroxylation sites is 1. The Kier molecular flexibility index (Phi) is 4.78. The number of benzene rings is 2. The topological polar surface area (TPSA) is 62.8 Å². The summed E-state index contributed by atoms with van der Waals surface area (Å²) in [7, 11) is 0. The average molecular weight is 389 g/mol. The highest BCUT2D eigenvalue weighted by Crippen LogP contribution is 2.32. The number of aromatic nitrogens is 2. The van der Waals surface area contributed by atoms with Gasteiger partial charge >= 0.3 is 0 Å². The molecule has 0 atom stereocenters. The molecule has 7 nitrogen and oxygen atoms in total. The molecule has 3 aromatic rings. The van der Waals surface area contributed by atoms with E-state index in [9.17, 15) is 0 Å². The van der Waals surface area contributed by atoms with E-state index in [1.165, 1.54) is 5.69 Å². The van der Waals surface area contributed by atoms with Crippen LogP contribution in [-0.4, -0.2) is 42.9 Å². The molecule has 3 heterocycles. The number of nitrogens with one attached hydrogen (secondary N) is 1. The molecule has 0 aliphatic carbocycles. The van der Waals surface area contributed by atoms with Gasteiger partial charge in [0.15, 0.2) is 11.5 Å². The summed E-state index contributed by atoms with van der Waals surface area (Å²) >= 11 is 0. The maximum absolute atomic E-state index is 5.44. The summed E-state index contributed by atoms with van der Waals surface area (Å²) in [6.07, 6.45) is 1.81. The van der Waals surface area contributed by atoms with Gasteiger partial charge in [0.1, 0.15) is 5.82 Å². The molecule has 0 bridgehead atoms. The van der Waals surface area contributed by atoms with E-state index in [0.717, 1.165) is 55.0 Å². The first-order valence-electron chi connectivity index (χ1n) is 9.85. The van der Waals surface area contributed by atoms with Crippen molar-refractivity contribution in [2.45, 2.75) is 6.54 Å². The lowest BCUT2D eigenvalue weighted by Crippen LogP contribution is -2.47. The Hall–Kier alpha value is -3.48. The molecule has 2 aliphatic rings. The number of hydrogen-bond acceptors (Lipinski definition) is 7. The van der Waals surface area contributed by atoms with Crippen LogP contribution < -0.4 is 24.6 Å². The van der Waals surface area contributed by atoms with E-state index in [-0.39, 0.29) is 0 Å². The SMILES string of the molecule is c1ccc(N2CCN(c3nccc(NCc4ccc5c(c4)OCO5)n3)CC2)cc1. The molecule has 0 spiro atoms. The van der Waals surface area contributed by atoms with E-state index in [2.05, 4.69) is 50.4 Å². The van der Waals surface area contributed by atoms with Crippen molar-refractivity contribution in [2.24, 2.45) is 0 Å². The molecule has 0 unspecified atom stereocenters. The van der Waals surface area contributed by atoms with E-state index in [4.69, 9.17) is 14.5 Å². The molecule has 0 amide bonds. The molecule has 2 aromatic carbocycles. The van der Waals surface area contributed by atoms with Gasteiger partial charge in [0.25, 0.3) is 0 Å². The van der Waals surface area contributed by atoms with Gasteiger partial charge in [-0.15, -0.1) is 0 Å². The average Bonchev–Trinajstić information content (AvgIpc) is 3.27. The van der Waals surface area contributed by atoms with Crippen molar-refractivity contribution in [1.82, 2.24) is 9.97 Å². The second kappa shape index (κ2) is 7.87. The van der Waals surface area contributed by atoms with E-state index in [1.54, 1.807) is 0 Å². The number of rotatable bonds is 5. The van der Waals surface area contributed by atoms with Crippen LogP contribution in [-0.2, 0) is 6.54 Å². The molecule has 1 aromatic heterocycles. The third-order valence-corrected chi connectivity index (χ3v) is 5.24. The van der Waals surface area contributed by atoms with Gasteiger partial charge in [-0.25, -0.2) is 4.98 Å². The smallest absolute Gasteiger partial charge is 0.231 e. The van der Waals surface area contributed by atoms with Gasteiger partial charge < -0.3 is 24.6 Å².